The van der Waals surface area contributed by atoms with Crippen molar-refractivity contribution in [3.8, 4) is 28.4 Å². The summed E-state index contributed by atoms with van der Waals surface area (Å²) in [5, 5.41) is 14.4. The fraction of sp³-hybridized carbons (Fsp3) is 0.273. The second-order valence-corrected chi connectivity index (χ2v) is 7.50. The maximum atomic E-state index is 11.3. The van der Waals surface area contributed by atoms with Gasteiger partial charge in [-0.05, 0) is 44.2 Å². The quantitative estimate of drug-likeness (QED) is 0.562. The second kappa shape index (κ2) is 8.77. The molecule has 0 bridgehead atoms. The lowest BCUT2D eigenvalue weighted by atomic mass is 10.1. The summed E-state index contributed by atoms with van der Waals surface area (Å²) in [4.78, 5) is 11.3. The van der Waals surface area contributed by atoms with Gasteiger partial charge in [0.1, 0.15) is 11.5 Å². The minimum atomic E-state index is -1.34. The molecule has 158 valence electrons. The Morgan fingerprint density at radius 2 is 1.73 bits per heavy atom. The maximum Gasteiger partial charge on any atom is 0.335 e. The molecule has 8 heteroatoms. The Labute approximate surface area is 179 Å². The van der Waals surface area contributed by atoms with E-state index in [-0.39, 0.29) is 6.61 Å². The molecule has 0 aliphatic carbocycles. The van der Waals surface area contributed by atoms with Crippen LogP contribution in [0.25, 0.3) is 16.9 Å². The van der Waals surface area contributed by atoms with E-state index in [1.165, 1.54) is 13.8 Å². The first kappa shape index (κ1) is 21.7. The zero-order valence-electron chi connectivity index (χ0n) is 17.2. The minimum absolute atomic E-state index is 0.0187. The van der Waals surface area contributed by atoms with E-state index in [9.17, 15) is 9.90 Å². The number of ether oxygens (including phenoxy) is 3. The van der Waals surface area contributed by atoms with Gasteiger partial charge in [0.05, 0.1) is 42.9 Å². The van der Waals surface area contributed by atoms with E-state index >= 15 is 0 Å². The highest BCUT2D eigenvalue weighted by molar-refractivity contribution is 6.32. The summed E-state index contributed by atoms with van der Waals surface area (Å²) in [5.41, 5.74) is 1.42. The van der Waals surface area contributed by atoms with Gasteiger partial charge in [0.2, 0.25) is 0 Å². The first-order valence-corrected chi connectivity index (χ1v) is 9.57. The number of hydrogen-bond acceptors (Lipinski definition) is 5. The van der Waals surface area contributed by atoms with E-state index < -0.39 is 11.6 Å². The molecule has 30 heavy (non-hydrogen) atoms. The van der Waals surface area contributed by atoms with Crippen molar-refractivity contribution in [1.82, 2.24) is 9.78 Å². The number of carbonyl (C=O) groups is 1. The van der Waals surface area contributed by atoms with E-state index in [0.717, 1.165) is 11.3 Å². The van der Waals surface area contributed by atoms with Crippen molar-refractivity contribution in [3.63, 3.8) is 0 Å². The van der Waals surface area contributed by atoms with Crippen LogP contribution in [0.15, 0.2) is 48.5 Å². The zero-order valence-corrected chi connectivity index (χ0v) is 17.9. The molecule has 1 N–H and O–H groups in total. The van der Waals surface area contributed by atoms with Gasteiger partial charge in [0.15, 0.2) is 5.60 Å². The van der Waals surface area contributed by atoms with E-state index in [1.54, 1.807) is 31.0 Å². The predicted octanol–water partition coefficient (Wildman–Crippen LogP) is 4.59. The monoisotopic (exact) mass is 430 g/mol. The van der Waals surface area contributed by atoms with Crippen LogP contribution in [-0.2, 0) is 16.1 Å². The predicted molar refractivity (Wildman–Crippen MR) is 114 cm³/mol. The molecule has 0 saturated heterocycles. The molecular formula is C22H23ClN2O5. The summed E-state index contributed by atoms with van der Waals surface area (Å²) in [5.74, 6) is 0.202. The van der Waals surface area contributed by atoms with Crippen molar-refractivity contribution in [2.45, 2.75) is 26.1 Å². The summed E-state index contributed by atoms with van der Waals surface area (Å²) in [6.07, 6.45) is 0. The van der Waals surface area contributed by atoms with Crippen LogP contribution in [-0.4, -0.2) is 40.7 Å². The van der Waals surface area contributed by atoms with Crippen LogP contribution in [0.2, 0.25) is 5.02 Å². The Hall–Kier alpha value is -3.03. The van der Waals surface area contributed by atoms with Crippen LogP contribution in [0.3, 0.4) is 0 Å². The lowest BCUT2D eigenvalue weighted by Crippen LogP contribution is -2.34. The topological polar surface area (TPSA) is 82.8 Å². The third kappa shape index (κ3) is 4.58. The number of para-hydroxylation sites is 1. The lowest BCUT2D eigenvalue weighted by Gasteiger charge is -2.19. The highest BCUT2D eigenvalue weighted by atomic mass is 35.5. The van der Waals surface area contributed by atoms with E-state index in [2.05, 4.69) is 5.10 Å². The minimum Gasteiger partial charge on any atom is -0.497 e. The Morgan fingerprint density at radius 3 is 2.30 bits per heavy atom. The highest BCUT2D eigenvalue weighted by Crippen LogP contribution is 2.33. The molecule has 0 aliphatic rings. The van der Waals surface area contributed by atoms with Gasteiger partial charge >= 0.3 is 5.97 Å². The Balaban J connectivity index is 2.10. The van der Waals surface area contributed by atoms with Crippen LogP contribution < -0.4 is 9.47 Å². The highest BCUT2D eigenvalue weighted by Gasteiger charge is 2.28. The smallest absolute Gasteiger partial charge is 0.335 e. The van der Waals surface area contributed by atoms with E-state index in [0.29, 0.717) is 27.9 Å². The molecule has 1 heterocycles. The van der Waals surface area contributed by atoms with Gasteiger partial charge < -0.3 is 19.3 Å². The largest absolute Gasteiger partial charge is 0.497 e. The lowest BCUT2D eigenvalue weighted by molar-refractivity contribution is -0.162. The summed E-state index contributed by atoms with van der Waals surface area (Å²) in [6, 6.07) is 14.7. The third-order valence-corrected chi connectivity index (χ3v) is 4.90. The normalized spacial score (nSPS) is 11.4. The number of rotatable bonds is 8. The van der Waals surface area contributed by atoms with Crippen molar-refractivity contribution in [2.24, 2.45) is 0 Å². The molecule has 2 aromatic carbocycles. The van der Waals surface area contributed by atoms with Gasteiger partial charge in [-0.1, -0.05) is 23.7 Å². The molecule has 3 aromatic rings. The molecule has 1 aromatic heterocycles. The average molecular weight is 431 g/mol. The van der Waals surface area contributed by atoms with Crippen LogP contribution in [0, 0.1) is 0 Å². The van der Waals surface area contributed by atoms with Gasteiger partial charge in [0, 0.05) is 11.6 Å². The molecular weight excluding hydrogens is 408 g/mol. The van der Waals surface area contributed by atoms with Gasteiger partial charge in [-0.2, -0.15) is 5.10 Å². The van der Waals surface area contributed by atoms with Gasteiger partial charge in [-0.25, -0.2) is 9.48 Å². The fourth-order valence-electron chi connectivity index (χ4n) is 2.78. The summed E-state index contributed by atoms with van der Waals surface area (Å²) < 4.78 is 18.1. The number of carboxylic acid groups (broad SMARTS) is 1. The number of benzene rings is 2. The number of carboxylic acids is 1. The maximum absolute atomic E-state index is 11.3. The zero-order chi connectivity index (χ0) is 21.9. The SMILES string of the molecule is COc1cc(OC)cc(-c2cc(COC(C)(C)C(=O)O)nn2-c2ccccc2Cl)c1. The molecule has 0 fully saturated rings. The first-order valence-electron chi connectivity index (χ1n) is 9.20. The Morgan fingerprint density at radius 1 is 1.10 bits per heavy atom. The van der Waals surface area contributed by atoms with Crippen molar-refractivity contribution >= 4 is 17.6 Å². The van der Waals surface area contributed by atoms with Crippen LogP contribution >= 0.6 is 11.6 Å². The van der Waals surface area contributed by atoms with Gasteiger partial charge in [-0.3, -0.25) is 0 Å². The van der Waals surface area contributed by atoms with E-state index in [1.807, 2.05) is 36.4 Å². The van der Waals surface area contributed by atoms with Gasteiger partial charge in [0.25, 0.3) is 0 Å². The summed E-state index contributed by atoms with van der Waals surface area (Å²) >= 11 is 6.42. The molecule has 0 amide bonds. The Bertz CT molecular complexity index is 1040. The third-order valence-electron chi connectivity index (χ3n) is 4.58. The molecule has 0 unspecified atom stereocenters. The van der Waals surface area contributed by atoms with Crippen molar-refractivity contribution in [2.75, 3.05) is 14.2 Å². The number of halogens is 1. The number of aliphatic carboxylic acids is 1. The van der Waals surface area contributed by atoms with Crippen molar-refractivity contribution in [1.29, 1.82) is 0 Å². The van der Waals surface area contributed by atoms with Gasteiger partial charge in [-0.15, -0.1) is 0 Å². The van der Waals surface area contributed by atoms with E-state index in [4.69, 9.17) is 25.8 Å². The summed E-state index contributed by atoms with van der Waals surface area (Å²) in [6.45, 7) is 3.01. The molecule has 0 atom stereocenters. The summed E-state index contributed by atoms with van der Waals surface area (Å²) in [7, 11) is 3.16. The van der Waals surface area contributed by atoms with Crippen molar-refractivity contribution < 1.29 is 24.1 Å². The fourth-order valence-corrected chi connectivity index (χ4v) is 3.00. The first-order chi connectivity index (χ1) is 14.2. The molecule has 0 aliphatic heterocycles. The number of nitrogens with zero attached hydrogens (tertiary/aromatic N) is 2. The number of hydrogen-bond donors (Lipinski definition) is 1. The Kier molecular flexibility index (Phi) is 6.34. The van der Waals surface area contributed by atoms with Crippen LogP contribution in [0.1, 0.15) is 19.5 Å². The van der Waals surface area contributed by atoms with Crippen LogP contribution in [0.5, 0.6) is 11.5 Å². The standard InChI is InChI=1S/C22H23ClN2O5/c1-22(2,21(26)27)30-13-15-11-20(14-9-16(28-3)12-17(10-14)29-4)25(24-15)19-8-6-5-7-18(19)23/h5-12H,13H2,1-4H3,(H,26,27). The molecule has 0 saturated carbocycles. The average Bonchev–Trinajstić information content (AvgIpc) is 3.16. The molecule has 0 spiro atoms. The number of methoxy groups -OCH3 is 2. The van der Waals surface area contributed by atoms with Crippen molar-refractivity contribution in [3.05, 3.63) is 59.2 Å². The van der Waals surface area contributed by atoms with Crippen LogP contribution in [0.4, 0.5) is 0 Å². The molecule has 3 rings (SSSR count). The number of aromatic nitrogens is 2. The second-order valence-electron chi connectivity index (χ2n) is 7.09. The molecule has 7 nitrogen and oxygen atoms in total. The molecule has 0 radical (unpaired) electrons.